The predicted molar refractivity (Wildman–Crippen MR) is 122 cm³/mol. The summed E-state index contributed by atoms with van der Waals surface area (Å²) < 4.78 is 42.4. The summed E-state index contributed by atoms with van der Waals surface area (Å²) in [7, 11) is -2.50. The summed E-state index contributed by atoms with van der Waals surface area (Å²) in [6, 6.07) is 19.6. The molecule has 1 atom stereocenters. The van der Waals surface area contributed by atoms with Gasteiger partial charge in [-0.15, -0.1) is 0 Å². The number of ether oxygens (including phenoxy) is 1. The number of rotatable bonds is 8. The smallest absolute Gasteiger partial charge is 0.243 e. The van der Waals surface area contributed by atoms with Crippen LogP contribution in [0.3, 0.4) is 0 Å². The van der Waals surface area contributed by atoms with Crippen LogP contribution in [0.5, 0.6) is 5.75 Å². The third-order valence-corrected chi connectivity index (χ3v) is 6.80. The zero-order valence-electron chi connectivity index (χ0n) is 17.1. The highest BCUT2D eigenvalue weighted by Crippen LogP contribution is 2.24. The molecule has 4 aromatic rings. The molecule has 0 aliphatic carbocycles. The van der Waals surface area contributed by atoms with E-state index in [-0.39, 0.29) is 17.0 Å². The molecule has 2 N–H and O–H groups in total. The van der Waals surface area contributed by atoms with Crippen LogP contribution in [0.2, 0.25) is 0 Å². The fourth-order valence-corrected chi connectivity index (χ4v) is 5.16. The van der Waals surface area contributed by atoms with E-state index >= 15 is 0 Å². The van der Waals surface area contributed by atoms with Crippen LogP contribution in [-0.2, 0) is 21.4 Å². The molecule has 164 valence electrons. The third kappa shape index (κ3) is 4.77. The number of hydrogen-bond acceptors (Lipinski definition) is 7. The van der Waals surface area contributed by atoms with Crippen LogP contribution in [0.15, 0.2) is 77.7 Å². The normalized spacial score (nSPS) is 12.4. The van der Waals surface area contributed by atoms with E-state index in [0.29, 0.717) is 16.8 Å². The van der Waals surface area contributed by atoms with Crippen molar-refractivity contribution in [3.05, 3.63) is 83.9 Å². The van der Waals surface area contributed by atoms with E-state index in [0.717, 1.165) is 17.3 Å². The average molecular weight is 469 g/mol. The molecular weight excluding hydrogens is 448 g/mol. The second-order valence-electron chi connectivity index (χ2n) is 6.92. The first kappa shape index (κ1) is 21.9. The molecule has 1 amide bonds. The maximum atomic E-state index is 13.2. The Balaban J connectivity index is 1.61. The van der Waals surface area contributed by atoms with E-state index in [1.54, 1.807) is 61.7 Å². The van der Waals surface area contributed by atoms with Gasteiger partial charge in [-0.05, 0) is 35.4 Å². The fraction of sp³-hybridized carbons (Fsp3) is 0.136. The summed E-state index contributed by atoms with van der Waals surface area (Å²) in [6.45, 7) is 0.215. The monoisotopic (exact) mass is 468 g/mol. The highest BCUT2D eigenvalue weighted by Gasteiger charge is 2.29. The zero-order chi connectivity index (χ0) is 22.6. The van der Waals surface area contributed by atoms with Crippen molar-refractivity contribution in [2.24, 2.45) is 0 Å². The number of nitrogens with one attached hydrogen (secondary N) is 2. The summed E-state index contributed by atoms with van der Waals surface area (Å²) in [5, 5.41) is 2.81. The topological polar surface area (TPSA) is 110 Å². The number of fused-ring (bicyclic) bond motifs is 1. The summed E-state index contributed by atoms with van der Waals surface area (Å²) >= 11 is 0.932. The average Bonchev–Trinajstić information content (AvgIpc) is 3.30. The lowest BCUT2D eigenvalue weighted by Crippen LogP contribution is -2.40. The van der Waals surface area contributed by atoms with E-state index in [4.69, 9.17) is 4.74 Å². The van der Waals surface area contributed by atoms with Crippen molar-refractivity contribution in [3.8, 4) is 5.75 Å². The molecule has 0 aliphatic heterocycles. The second kappa shape index (κ2) is 9.43. The molecule has 32 heavy (non-hydrogen) atoms. The lowest BCUT2D eigenvalue weighted by atomic mass is 10.1. The number of benzene rings is 3. The molecule has 0 spiro atoms. The number of sulfonamides is 1. The van der Waals surface area contributed by atoms with Crippen LogP contribution < -0.4 is 14.8 Å². The quantitative estimate of drug-likeness (QED) is 0.411. The van der Waals surface area contributed by atoms with Crippen molar-refractivity contribution in [3.63, 3.8) is 0 Å². The van der Waals surface area contributed by atoms with Crippen LogP contribution in [-0.4, -0.2) is 30.2 Å². The third-order valence-electron chi connectivity index (χ3n) is 4.81. The van der Waals surface area contributed by atoms with Crippen LogP contribution in [0.1, 0.15) is 17.2 Å². The first-order valence-electron chi connectivity index (χ1n) is 9.67. The van der Waals surface area contributed by atoms with E-state index in [1.807, 2.05) is 12.1 Å². The fourth-order valence-electron chi connectivity index (χ4n) is 3.21. The molecule has 1 unspecified atom stereocenters. The molecule has 0 bridgehead atoms. The highest BCUT2D eigenvalue weighted by molar-refractivity contribution is 7.89. The molecule has 0 aliphatic rings. The molecule has 10 heteroatoms. The van der Waals surface area contributed by atoms with Gasteiger partial charge in [0.2, 0.25) is 15.9 Å². The minimum atomic E-state index is -4.07. The van der Waals surface area contributed by atoms with Crippen LogP contribution in [0, 0.1) is 0 Å². The largest absolute Gasteiger partial charge is 0.497 e. The molecule has 4 rings (SSSR count). The van der Waals surface area contributed by atoms with Gasteiger partial charge in [0.1, 0.15) is 27.7 Å². The lowest BCUT2D eigenvalue weighted by molar-refractivity contribution is -0.123. The minimum Gasteiger partial charge on any atom is -0.497 e. The van der Waals surface area contributed by atoms with Crippen molar-refractivity contribution in [2.75, 3.05) is 7.11 Å². The van der Waals surface area contributed by atoms with E-state index in [1.165, 1.54) is 6.07 Å². The number of hydrogen-bond donors (Lipinski definition) is 2. The van der Waals surface area contributed by atoms with Gasteiger partial charge in [0.25, 0.3) is 0 Å². The molecule has 3 aromatic carbocycles. The molecule has 0 fully saturated rings. The Labute approximate surface area is 189 Å². The molecule has 1 aromatic heterocycles. The van der Waals surface area contributed by atoms with Crippen molar-refractivity contribution in [1.29, 1.82) is 0 Å². The Kier molecular flexibility index (Phi) is 6.45. The number of aromatic nitrogens is 2. The standard InChI is InChI=1S/C22H20N4O4S2/c1-30-17-10-5-7-15(13-17)14-23-22(27)20(16-8-3-2-4-9-16)26-32(28,29)19-12-6-11-18-21(19)25-31-24-18/h2-13,20,26H,14H2,1H3,(H,23,27). The van der Waals surface area contributed by atoms with Gasteiger partial charge in [-0.2, -0.15) is 13.5 Å². The molecule has 0 saturated carbocycles. The lowest BCUT2D eigenvalue weighted by Gasteiger charge is -2.19. The van der Waals surface area contributed by atoms with Crippen LogP contribution >= 0.6 is 11.7 Å². The number of nitrogens with zero attached hydrogens (tertiary/aromatic N) is 2. The number of carbonyl (C=O) groups excluding carboxylic acids is 1. The number of amides is 1. The van der Waals surface area contributed by atoms with Gasteiger partial charge in [-0.25, -0.2) is 8.42 Å². The summed E-state index contributed by atoms with van der Waals surface area (Å²) in [5.74, 6) is 0.188. The van der Waals surface area contributed by atoms with Crippen LogP contribution in [0.4, 0.5) is 0 Å². The van der Waals surface area contributed by atoms with Gasteiger partial charge in [-0.3, -0.25) is 4.79 Å². The van der Waals surface area contributed by atoms with Crippen molar-refractivity contribution in [1.82, 2.24) is 18.8 Å². The van der Waals surface area contributed by atoms with Crippen molar-refractivity contribution < 1.29 is 17.9 Å². The molecule has 1 heterocycles. The number of carbonyl (C=O) groups is 1. The maximum Gasteiger partial charge on any atom is 0.243 e. The first-order valence-corrected chi connectivity index (χ1v) is 11.9. The second-order valence-corrected chi connectivity index (χ2v) is 9.13. The summed E-state index contributed by atoms with van der Waals surface area (Å²) in [5.41, 5.74) is 2.10. The van der Waals surface area contributed by atoms with E-state index in [9.17, 15) is 13.2 Å². The Morgan fingerprint density at radius 2 is 1.81 bits per heavy atom. The molecule has 8 nitrogen and oxygen atoms in total. The van der Waals surface area contributed by atoms with Gasteiger partial charge < -0.3 is 10.1 Å². The van der Waals surface area contributed by atoms with Gasteiger partial charge >= 0.3 is 0 Å². The van der Waals surface area contributed by atoms with Crippen molar-refractivity contribution >= 4 is 38.7 Å². The Bertz CT molecular complexity index is 1340. The van der Waals surface area contributed by atoms with Crippen LogP contribution in [0.25, 0.3) is 11.0 Å². The Morgan fingerprint density at radius 3 is 2.59 bits per heavy atom. The van der Waals surface area contributed by atoms with Gasteiger partial charge in [0.05, 0.1) is 18.8 Å². The summed E-state index contributed by atoms with van der Waals surface area (Å²) in [6.07, 6.45) is 0. The van der Waals surface area contributed by atoms with Gasteiger partial charge in [-0.1, -0.05) is 48.5 Å². The van der Waals surface area contributed by atoms with Gasteiger partial charge in [0.15, 0.2) is 0 Å². The minimum absolute atomic E-state index is 0.0229. The van der Waals surface area contributed by atoms with E-state index in [2.05, 4.69) is 18.8 Å². The Morgan fingerprint density at radius 1 is 1.03 bits per heavy atom. The first-order chi connectivity index (χ1) is 15.5. The summed E-state index contributed by atoms with van der Waals surface area (Å²) in [4.78, 5) is 13.1. The molecule has 0 radical (unpaired) electrons. The zero-order valence-corrected chi connectivity index (χ0v) is 18.7. The van der Waals surface area contributed by atoms with Gasteiger partial charge in [0, 0.05) is 6.54 Å². The van der Waals surface area contributed by atoms with Crippen molar-refractivity contribution in [2.45, 2.75) is 17.5 Å². The molecule has 0 saturated heterocycles. The van der Waals surface area contributed by atoms with E-state index < -0.39 is 22.0 Å². The SMILES string of the molecule is COc1cccc(CNC(=O)C(NS(=O)(=O)c2cccc3nsnc23)c2ccccc2)c1. The highest BCUT2D eigenvalue weighted by atomic mass is 32.2. The number of methoxy groups -OCH3 is 1. The predicted octanol–water partition coefficient (Wildman–Crippen LogP) is 3.04. The molecular formula is C22H20N4O4S2. The Hall–Kier alpha value is -3.34. The maximum absolute atomic E-state index is 13.2.